The number of nitrogens with one attached hydrogen (secondary N) is 12. The van der Waals surface area contributed by atoms with Crippen LogP contribution in [0.15, 0.2) is 170 Å². The lowest BCUT2D eigenvalue weighted by Gasteiger charge is -2.37. The van der Waals surface area contributed by atoms with Crippen LogP contribution in [-0.2, 0) is 115 Å². The number of para-hydroxylation sites is 1. The molecule has 1 aliphatic rings. The molecule has 0 spiro atoms. The van der Waals surface area contributed by atoms with Crippen molar-refractivity contribution in [3.8, 4) is 11.5 Å². The van der Waals surface area contributed by atoms with E-state index in [1.807, 2.05) is 6.92 Å². The van der Waals surface area contributed by atoms with Crippen LogP contribution in [0.4, 0.5) is 0 Å². The third-order valence-corrected chi connectivity index (χ3v) is 23.4. The Labute approximate surface area is 768 Å². The second-order valence-corrected chi connectivity index (χ2v) is 33.9. The third kappa shape index (κ3) is 31.5. The van der Waals surface area contributed by atoms with Gasteiger partial charge in [-0.05, 0) is 88.9 Å². The second kappa shape index (κ2) is 50.5. The molecule has 2 heterocycles. The van der Waals surface area contributed by atoms with Gasteiger partial charge in [0.25, 0.3) is 0 Å². The van der Waals surface area contributed by atoms with E-state index in [1.54, 1.807) is 135 Å². The summed E-state index contributed by atoms with van der Waals surface area (Å²) >= 11 is 0.792. The Kier molecular flexibility index (Phi) is 39.4. The van der Waals surface area contributed by atoms with Gasteiger partial charge in [-0.1, -0.05) is 167 Å². The molecule has 1 saturated heterocycles. The fourth-order valence-corrected chi connectivity index (χ4v) is 15.9. The monoisotopic (exact) mass is 1840 g/mol. The molecule has 0 aliphatic carbocycles. The van der Waals surface area contributed by atoms with Gasteiger partial charge in [0, 0.05) is 103 Å². The number of fused-ring (bicyclic) bond motifs is 1. The first kappa shape index (κ1) is 103. The topological polar surface area (TPSA) is 562 Å². The van der Waals surface area contributed by atoms with Crippen molar-refractivity contribution in [3.05, 3.63) is 203 Å². The first-order valence-corrected chi connectivity index (χ1v) is 44.4. The van der Waals surface area contributed by atoms with Crippen LogP contribution >= 0.6 is 11.8 Å². The highest BCUT2D eigenvalue weighted by molar-refractivity contribution is 8.00. The van der Waals surface area contributed by atoms with Crippen molar-refractivity contribution in [2.24, 2.45) is 17.4 Å². The van der Waals surface area contributed by atoms with Crippen LogP contribution in [0, 0.1) is 11.3 Å². The number of carboxylic acid groups (broad SMARTS) is 1. The largest absolute Gasteiger partial charge is 0.508 e. The number of unbranched alkanes of at least 4 members (excludes halogenated alkanes) is 1. The molecular weight excluding hydrogens is 1720 g/mol. The number of phenolic OH excluding ortho intramolecular Hbond substituents is 2. The fourth-order valence-electron chi connectivity index (χ4n) is 15.0. The summed E-state index contributed by atoms with van der Waals surface area (Å²) in [4.78, 5) is 244. The van der Waals surface area contributed by atoms with E-state index < -0.39 is 210 Å². The van der Waals surface area contributed by atoms with Crippen LogP contribution in [-0.4, -0.2) is 285 Å². The van der Waals surface area contributed by atoms with Crippen LogP contribution in [0.25, 0.3) is 10.9 Å². The normalized spacial score (nSPS) is 21.6. The number of aromatic amines is 1. The minimum Gasteiger partial charge on any atom is -0.508 e. The lowest BCUT2D eigenvalue weighted by molar-refractivity contribution is -0.151. The summed E-state index contributed by atoms with van der Waals surface area (Å²) in [5.74, 6) is -18.1. The Morgan fingerprint density at radius 1 is 0.462 bits per heavy atom. The van der Waals surface area contributed by atoms with Crippen molar-refractivity contribution in [1.82, 2.24) is 82.7 Å². The van der Waals surface area contributed by atoms with Crippen molar-refractivity contribution in [2.75, 3.05) is 72.9 Å². The van der Waals surface area contributed by atoms with E-state index in [1.165, 1.54) is 83.8 Å². The number of H-pyrrole nitrogens is 1. The van der Waals surface area contributed by atoms with Gasteiger partial charge in [0.1, 0.15) is 78.0 Å². The number of primary amides is 1. The number of carbonyl (C=O) groups is 16. The summed E-state index contributed by atoms with van der Waals surface area (Å²) in [6.07, 6.45) is -0.280. The first-order valence-electron chi connectivity index (χ1n) is 43.2. The number of hydrogen-bond acceptors (Lipinski definition) is 20. The van der Waals surface area contributed by atoms with Crippen molar-refractivity contribution in [1.29, 1.82) is 5.41 Å². The zero-order chi connectivity index (χ0) is 96.4. The van der Waals surface area contributed by atoms with Crippen LogP contribution in [0.3, 0.4) is 0 Å². The van der Waals surface area contributed by atoms with Gasteiger partial charge in [-0.25, -0.2) is 0 Å². The van der Waals surface area contributed by atoms with E-state index in [0.717, 1.165) is 36.3 Å². The van der Waals surface area contributed by atoms with Gasteiger partial charge < -0.3 is 109 Å². The molecule has 1 aliphatic heterocycles. The summed E-state index contributed by atoms with van der Waals surface area (Å²) < 4.78 is 0. The lowest BCUT2D eigenvalue weighted by atomic mass is 9.98. The molecule has 132 heavy (non-hydrogen) atoms. The number of nitrogens with zero attached hydrogens (tertiary/aromatic N) is 5. The number of aliphatic carboxylic acids is 1. The Hall–Kier alpha value is -14.4. The summed E-state index contributed by atoms with van der Waals surface area (Å²) in [5.41, 5.74) is 14.6. The summed E-state index contributed by atoms with van der Waals surface area (Å²) in [7, 11) is 6.48. The Morgan fingerprint density at radius 2 is 0.917 bits per heavy atom. The predicted octanol–water partition coefficient (Wildman–Crippen LogP) is 0.544. The number of amides is 15. The van der Waals surface area contributed by atoms with E-state index in [-0.39, 0.29) is 75.8 Å². The number of guanidine groups is 1. The number of likely N-dealkylation sites (N-methyl/N-ethyl adjacent to an activating group) is 5. The molecule has 15 amide bonds. The van der Waals surface area contributed by atoms with E-state index in [0.29, 0.717) is 57.1 Å². The lowest BCUT2D eigenvalue weighted by Crippen LogP contribution is -2.61. The molecule has 1 aromatic heterocycles. The minimum absolute atomic E-state index is 0.00206. The second-order valence-electron chi connectivity index (χ2n) is 32.9. The number of thioether (sulfide) groups is 1. The number of aromatic hydroxyl groups is 2. The molecule has 1 fully saturated rings. The Balaban J connectivity index is 1.22. The van der Waals surface area contributed by atoms with Gasteiger partial charge in [-0.3, -0.25) is 82.1 Å². The number of rotatable bonds is 25. The number of carbonyl (C=O) groups excluding carboxylic acids is 15. The van der Waals surface area contributed by atoms with Gasteiger partial charge in [0.05, 0.1) is 31.8 Å². The van der Waals surface area contributed by atoms with Crippen molar-refractivity contribution in [3.63, 3.8) is 0 Å². The summed E-state index contributed by atoms with van der Waals surface area (Å²) in [6, 6.07) is 26.5. The number of carboxylic acids is 1. The molecule has 39 heteroatoms. The maximum absolute atomic E-state index is 15.5. The smallest absolute Gasteiger partial charge is 0.305 e. The third-order valence-electron chi connectivity index (χ3n) is 22.3. The van der Waals surface area contributed by atoms with Crippen LogP contribution in [0.1, 0.15) is 92.7 Å². The number of hydrogen-bond donors (Lipinski definition) is 17. The van der Waals surface area contributed by atoms with Gasteiger partial charge in [0.2, 0.25) is 88.6 Å². The van der Waals surface area contributed by atoms with Crippen molar-refractivity contribution >= 4 is 123 Å². The molecule has 8 rings (SSSR count). The quantitative estimate of drug-likeness (QED) is 0.0211. The number of aromatic nitrogens is 1. The maximum Gasteiger partial charge on any atom is 0.305 e. The standard InChI is InChI=1S/C93H119N19O19S/c1-9-10-32-73-90(129)109(5)52-78(117)101-69(48-80(119)120)86(125)107-81(55(2)3)92(131)111(7)74(45-57-25-16-12-17-26-57)87(126)105-70(44-60-35-39-63(114)40-36-60)88(127)108(4)51-77(116)100-68(47-61-49-98-65-30-21-20-29-64(61)65)85(124)104-67(42-59-33-37-62(113)38-34-59)84(123)103-66(31-22-41-97-93(95)96)83(122)106-72(82(121)99-50-76(94)115)53-132-54-79(118)102-71(43-56-23-14-11-15-24-56)89(128)112(8)75(91(130)110(73)6)46-58-27-18-13-19-28-58/h11-21,23-30,33-40,49,55,66-75,81,98,113-114H,9-10,22,31-32,41-48,50-54H2,1-8H3,(H2,94,115)(H,99,121)(H,100,116)(H,101,117)(H,102,118)(H,103,123)(H,104,124)(H,105,126)(H,106,122)(H,107,125)(H,119,120)(H4,95,96,97)/t66-,67-,68-,69-,70?,71-,72-,73-,74-,75-,81-/m0/s1. The van der Waals surface area contributed by atoms with E-state index in [4.69, 9.17) is 16.9 Å². The van der Waals surface area contributed by atoms with Gasteiger partial charge in [0.15, 0.2) is 5.96 Å². The van der Waals surface area contributed by atoms with Crippen LogP contribution < -0.4 is 64.6 Å². The van der Waals surface area contributed by atoms with Gasteiger partial charge >= 0.3 is 5.97 Å². The van der Waals surface area contributed by atoms with Crippen molar-refractivity contribution in [2.45, 2.75) is 164 Å². The maximum atomic E-state index is 15.5. The molecule has 11 atom stereocenters. The molecule has 7 aromatic rings. The zero-order valence-corrected chi connectivity index (χ0v) is 75.8. The molecule has 0 radical (unpaired) electrons. The molecule has 706 valence electrons. The molecule has 0 bridgehead atoms. The molecule has 0 saturated carbocycles. The fraction of sp³-hybridized carbons (Fsp3) is 0.409. The van der Waals surface area contributed by atoms with Crippen LogP contribution in [0.2, 0.25) is 0 Å². The number of phenols is 2. The highest BCUT2D eigenvalue weighted by Crippen LogP contribution is 2.25. The molecule has 1 unspecified atom stereocenters. The number of nitrogens with two attached hydrogens (primary N) is 2. The van der Waals surface area contributed by atoms with Crippen molar-refractivity contribution < 1.29 is 92.0 Å². The number of benzene rings is 6. The summed E-state index contributed by atoms with van der Waals surface area (Å²) in [6.45, 7) is 2.55. The Morgan fingerprint density at radius 3 is 1.46 bits per heavy atom. The van der Waals surface area contributed by atoms with Crippen LogP contribution in [0.5, 0.6) is 11.5 Å². The highest BCUT2D eigenvalue weighted by Gasteiger charge is 2.42. The van der Waals surface area contributed by atoms with Gasteiger partial charge in [-0.15, -0.1) is 11.8 Å². The van der Waals surface area contributed by atoms with E-state index in [2.05, 4.69) is 58.2 Å². The first-order chi connectivity index (χ1) is 62.9. The molecule has 6 aromatic carbocycles. The minimum atomic E-state index is -1.91. The highest BCUT2D eigenvalue weighted by atomic mass is 32.2. The average molecular weight is 1840 g/mol. The predicted molar refractivity (Wildman–Crippen MR) is 492 cm³/mol. The van der Waals surface area contributed by atoms with E-state index in [9.17, 15) is 48.9 Å². The molecule has 38 nitrogen and oxygen atoms in total. The zero-order valence-electron chi connectivity index (χ0n) is 75.0. The Bertz CT molecular complexity index is 5190. The molecule has 19 N–H and O–H groups in total. The van der Waals surface area contributed by atoms with E-state index >= 15 is 43.2 Å². The molecular formula is C93H119N19O19S. The average Bonchev–Trinajstić information content (AvgIpc) is 1.03. The van der Waals surface area contributed by atoms with Gasteiger partial charge in [-0.2, -0.15) is 0 Å². The SMILES string of the molecule is CCCC[C@H]1C(=O)N(C)CC(=O)N[C@@H](CC(=O)O)C(=O)N[C@@H](C(C)C)C(=O)N(C)[C@@H](Cc2ccccc2)C(=O)NC(Cc2ccc(O)cc2)C(=O)N(C)CC(=O)N[C@@H](Cc2c[nH]c3ccccc23)C(=O)N[C@@H](Cc2ccc(O)cc2)C(=O)N[C@@H](CCCNC(=N)N)C(=O)N[C@H](C(=O)NCC(N)=O)CSCC(=O)N[C@@H](Cc2ccccc2)C(=O)N(C)[C@@H](Cc2ccccc2)C(=O)N1C. The summed E-state index contributed by atoms with van der Waals surface area (Å²) in [5, 5.41) is 65.9.